The van der Waals surface area contributed by atoms with Crippen LogP contribution in [-0.4, -0.2) is 33.3 Å². The van der Waals surface area contributed by atoms with E-state index >= 15 is 0 Å². The average molecular weight is 339 g/mol. The van der Waals surface area contributed by atoms with Crippen molar-refractivity contribution < 1.29 is 4.79 Å². The zero-order valence-corrected chi connectivity index (χ0v) is 14.7. The van der Waals surface area contributed by atoms with Crippen molar-refractivity contribution in [2.45, 2.75) is 57.7 Å². The molecule has 2 aliphatic heterocycles. The van der Waals surface area contributed by atoms with Crippen LogP contribution in [0.15, 0.2) is 30.3 Å². The Morgan fingerprint density at radius 2 is 1.88 bits per heavy atom. The fourth-order valence-corrected chi connectivity index (χ4v) is 3.84. The van der Waals surface area contributed by atoms with Crippen LogP contribution >= 0.6 is 0 Å². The largest absolute Gasteiger partial charge is 0.311 e. The van der Waals surface area contributed by atoms with Gasteiger partial charge in [0.05, 0.1) is 12.1 Å². The molecule has 0 radical (unpaired) electrons. The lowest BCUT2D eigenvalue weighted by Crippen LogP contribution is -2.52. The van der Waals surface area contributed by atoms with E-state index in [4.69, 9.17) is 0 Å². The number of fused-ring (bicyclic) bond motifs is 1. The molecule has 0 bridgehead atoms. The summed E-state index contributed by atoms with van der Waals surface area (Å²) in [5, 5.41) is 8.15. The standard InChI is InChI=1S/C19H25N5O/c1-2-17-21-18-15(10-7-13-24(18)22-17)20-16-11-6-12-23(19(16)25)14-8-4-3-5-9-14/h3-5,8-9,15-16,20H,2,6-7,10-13H2,1H3/t15-,16-/m0/s1. The van der Waals surface area contributed by atoms with Crippen molar-refractivity contribution in [3.63, 3.8) is 0 Å². The minimum atomic E-state index is -0.146. The highest BCUT2D eigenvalue weighted by molar-refractivity contribution is 5.97. The zero-order valence-electron chi connectivity index (χ0n) is 14.7. The number of aromatic nitrogens is 3. The van der Waals surface area contributed by atoms with Gasteiger partial charge in [0.2, 0.25) is 5.91 Å². The highest BCUT2D eigenvalue weighted by Gasteiger charge is 2.33. The molecule has 2 atom stereocenters. The van der Waals surface area contributed by atoms with Crippen molar-refractivity contribution in [1.82, 2.24) is 20.1 Å². The van der Waals surface area contributed by atoms with Crippen molar-refractivity contribution in [3.8, 4) is 0 Å². The molecule has 1 amide bonds. The number of carbonyl (C=O) groups is 1. The maximum Gasteiger partial charge on any atom is 0.244 e. The van der Waals surface area contributed by atoms with E-state index in [1.165, 1.54) is 0 Å². The smallest absolute Gasteiger partial charge is 0.244 e. The maximum absolute atomic E-state index is 13.0. The van der Waals surface area contributed by atoms with Gasteiger partial charge in [-0.2, -0.15) is 5.10 Å². The van der Waals surface area contributed by atoms with Crippen LogP contribution in [0.1, 0.15) is 50.3 Å². The van der Waals surface area contributed by atoms with Crippen LogP contribution in [0.4, 0.5) is 5.69 Å². The number of nitrogens with zero attached hydrogens (tertiary/aromatic N) is 4. The quantitative estimate of drug-likeness (QED) is 0.929. The predicted molar refractivity (Wildman–Crippen MR) is 96.3 cm³/mol. The number of carbonyl (C=O) groups excluding carboxylic acids is 1. The van der Waals surface area contributed by atoms with Crippen LogP contribution in [-0.2, 0) is 17.8 Å². The van der Waals surface area contributed by atoms with Crippen molar-refractivity contribution in [2.75, 3.05) is 11.4 Å². The molecule has 1 aromatic carbocycles. The third-order valence-corrected chi connectivity index (χ3v) is 5.14. The van der Waals surface area contributed by atoms with Crippen LogP contribution < -0.4 is 10.2 Å². The highest BCUT2D eigenvalue weighted by atomic mass is 16.2. The van der Waals surface area contributed by atoms with E-state index in [9.17, 15) is 4.79 Å². The van der Waals surface area contributed by atoms with Crippen molar-refractivity contribution >= 4 is 11.6 Å². The third-order valence-electron chi connectivity index (χ3n) is 5.14. The minimum absolute atomic E-state index is 0.117. The number of hydrogen-bond donors (Lipinski definition) is 1. The van der Waals surface area contributed by atoms with E-state index < -0.39 is 0 Å². The fraction of sp³-hybridized carbons (Fsp3) is 0.526. The Hall–Kier alpha value is -2.21. The first kappa shape index (κ1) is 16.3. The monoisotopic (exact) mass is 339 g/mol. The number of amides is 1. The molecule has 1 aromatic heterocycles. The van der Waals surface area contributed by atoms with E-state index in [2.05, 4.69) is 22.3 Å². The average Bonchev–Trinajstić information content (AvgIpc) is 3.08. The summed E-state index contributed by atoms with van der Waals surface area (Å²) in [5.41, 5.74) is 0.985. The lowest BCUT2D eigenvalue weighted by Gasteiger charge is -2.35. The number of aryl methyl sites for hydroxylation is 2. The predicted octanol–water partition coefficient (Wildman–Crippen LogP) is 2.46. The molecule has 25 heavy (non-hydrogen) atoms. The van der Waals surface area contributed by atoms with Gasteiger partial charge in [0.1, 0.15) is 5.82 Å². The summed E-state index contributed by atoms with van der Waals surface area (Å²) < 4.78 is 2.02. The summed E-state index contributed by atoms with van der Waals surface area (Å²) in [6.45, 7) is 3.79. The number of benzene rings is 1. The Bertz CT molecular complexity index is 742. The van der Waals surface area contributed by atoms with Gasteiger partial charge in [0.15, 0.2) is 5.82 Å². The molecule has 0 saturated carbocycles. The third kappa shape index (κ3) is 3.18. The summed E-state index contributed by atoms with van der Waals surface area (Å²) in [7, 11) is 0. The number of piperidine rings is 1. The number of para-hydroxylation sites is 1. The van der Waals surface area contributed by atoms with Gasteiger partial charge in [0.25, 0.3) is 0 Å². The van der Waals surface area contributed by atoms with E-state index in [-0.39, 0.29) is 18.0 Å². The van der Waals surface area contributed by atoms with Gasteiger partial charge in [-0.3, -0.25) is 10.1 Å². The van der Waals surface area contributed by atoms with E-state index in [0.29, 0.717) is 0 Å². The number of nitrogens with one attached hydrogen (secondary N) is 1. The van der Waals surface area contributed by atoms with Crippen LogP contribution in [0.25, 0.3) is 0 Å². The second-order valence-corrected chi connectivity index (χ2v) is 6.84. The Labute approximate surface area is 148 Å². The Kier molecular flexibility index (Phi) is 4.53. The van der Waals surface area contributed by atoms with Crippen LogP contribution in [0.3, 0.4) is 0 Å². The first-order valence-electron chi connectivity index (χ1n) is 9.32. The molecule has 1 fully saturated rings. The van der Waals surface area contributed by atoms with Crippen molar-refractivity contribution in [1.29, 1.82) is 0 Å². The lowest BCUT2D eigenvalue weighted by atomic mass is 10.00. The molecule has 132 valence electrons. The van der Waals surface area contributed by atoms with Gasteiger partial charge in [-0.1, -0.05) is 25.1 Å². The lowest BCUT2D eigenvalue weighted by molar-refractivity contribution is -0.122. The van der Waals surface area contributed by atoms with E-state index in [0.717, 1.165) is 62.5 Å². The number of rotatable bonds is 4. The summed E-state index contributed by atoms with van der Waals surface area (Å²) in [6, 6.07) is 9.92. The fourth-order valence-electron chi connectivity index (χ4n) is 3.84. The minimum Gasteiger partial charge on any atom is -0.311 e. The summed E-state index contributed by atoms with van der Waals surface area (Å²) in [5.74, 6) is 2.06. The van der Waals surface area contributed by atoms with Gasteiger partial charge < -0.3 is 4.90 Å². The molecule has 3 heterocycles. The second kappa shape index (κ2) is 6.96. The van der Waals surface area contributed by atoms with E-state index in [1.807, 2.05) is 39.9 Å². The first-order valence-corrected chi connectivity index (χ1v) is 9.32. The zero-order chi connectivity index (χ0) is 17.2. The molecule has 6 heteroatoms. The van der Waals surface area contributed by atoms with Crippen molar-refractivity contribution in [2.24, 2.45) is 0 Å². The Morgan fingerprint density at radius 3 is 2.68 bits per heavy atom. The molecular weight excluding hydrogens is 314 g/mol. The first-order chi connectivity index (χ1) is 12.3. The number of hydrogen-bond acceptors (Lipinski definition) is 4. The van der Waals surface area contributed by atoms with Crippen LogP contribution in [0, 0.1) is 0 Å². The van der Waals surface area contributed by atoms with Crippen molar-refractivity contribution in [3.05, 3.63) is 42.0 Å². The normalized spacial score (nSPS) is 23.6. The number of anilines is 1. The molecule has 1 N–H and O–H groups in total. The molecule has 2 aliphatic rings. The molecule has 6 nitrogen and oxygen atoms in total. The van der Waals surface area contributed by atoms with E-state index in [1.54, 1.807) is 0 Å². The highest BCUT2D eigenvalue weighted by Crippen LogP contribution is 2.27. The van der Waals surface area contributed by atoms with Gasteiger partial charge in [-0.15, -0.1) is 0 Å². The molecule has 4 rings (SSSR count). The van der Waals surface area contributed by atoms with Gasteiger partial charge in [-0.05, 0) is 37.8 Å². The summed E-state index contributed by atoms with van der Waals surface area (Å²) in [6.07, 6.45) is 4.82. The summed E-state index contributed by atoms with van der Waals surface area (Å²) in [4.78, 5) is 19.6. The Morgan fingerprint density at radius 1 is 1.12 bits per heavy atom. The van der Waals surface area contributed by atoms with Crippen LogP contribution in [0.2, 0.25) is 0 Å². The molecule has 0 unspecified atom stereocenters. The van der Waals surface area contributed by atoms with Gasteiger partial charge in [0, 0.05) is 25.2 Å². The van der Waals surface area contributed by atoms with Gasteiger partial charge in [-0.25, -0.2) is 9.67 Å². The molecule has 0 aliphatic carbocycles. The SMILES string of the molecule is CCc1nc2n(n1)CCC[C@@H]2N[C@H]1CCCN(c2ccccc2)C1=O. The second-order valence-electron chi connectivity index (χ2n) is 6.84. The Balaban J connectivity index is 1.51. The molecule has 2 aromatic rings. The van der Waals surface area contributed by atoms with Gasteiger partial charge >= 0.3 is 0 Å². The summed E-state index contributed by atoms with van der Waals surface area (Å²) >= 11 is 0. The maximum atomic E-state index is 13.0. The molecule has 0 spiro atoms. The van der Waals surface area contributed by atoms with Crippen LogP contribution in [0.5, 0.6) is 0 Å². The molecule has 1 saturated heterocycles. The molecular formula is C19H25N5O. The topological polar surface area (TPSA) is 63.1 Å².